The third-order valence-corrected chi connectivity index (χ3v) is 2.98. The van der Waals surface area contributed by atoms with E-state index < -0.39 is 5.97 Å². The van der Waals surface area contributed by atoms with E-state index in [1.165, 1.54) is 0 Å². The molecule has 5 nitrogen and oxygen atoms in total. The average Bonchev–Trinajstić information content (AvgIpc) is 2.38. The minimum atomic E-state index is -0.908. The summed E-state index contributed by atoms with van der Waals surface area (Å²) in [6, 6.07) is 3.28. The molecule has 0 aliphatic heterocycles. The van der Waals surface area contributed by atoms with Crippen molar-refractivity contribution in [3.8, 4) is 0 Å². The van der Waals surface area contributed by atoms with Gasteiger partial charge in [-0.3, -0.25) is 0 Å². The lowest BCUT2D eigenvalue weighted by atomic mass is 10.1. The average molecular weight is 265 g/mol. The number of anilines is 1. The summed E-state index contributed by atoms with van der Waals surface area (Å²) in [6.07, 6.45) is 0.989. The van der Waals surface area contributed by atoms with Gasteiger partial charge in [0.2, 0.25) is 0 Å². The molecule has 0 aliphatic carbocycles. The molecule has 0 saturated heterocycles. The van der Waals surface area contributed by atoms with E-state index in [-0.39, 0.29) is 5.92 Å². The number of aromatic nitrogens is 1. The van der Waals surface area contributed by atoms with Gasteiger partial charge in [0.15, 0.2) is 0 Å². The van der Waals surface area contributed by atoms with Crippen molar-refractivity contribution in [2.24, 2.45) is 0 Å². The molecule has 0 atom stereocenters. The minimum absolute atomic E-state index is 0.212. The molecule has 1 aromatic rings. The summed E-state index contributed by atoms with van der Waals surface area (Å²) in [4.78, 5) is 17.7. The molecule has 0 aromatic carbocycles. The lowest BCUT2D eigenvalue weighted by Gasteiger charge is -2.20. The third-order valence-electron chi connectivity index (χ3n) is 2.98. The maximum absolute atomic E-state index is 11.2. The fourth-order valence-electron chi connectivity index (χ4n) is 1.76. The number of nitrogens with zero attached hydrogens (tertiary/aromatic N) is 2. The molecule has 1 heterocycles. The maximum atomic E-state index is 11.2. The summed E-state index contributed by atoms with van der Waals surface area (Å²) in [5.74, 6) is 0.0256. The molecule has 5 heteroatoms. The van der Waals surface area contributed by atoms with Crippen LogP contribution in [0, 0.1) is 0 Å². The molecule has 0 aliphatic rings. The van der Waals surface area contributed by atoms with E-state index in [2.05, 4.69) is 10.3 Å². The Kier molecular flexibility index (Phi) is 5.76. The van der Waals surface area contributed by atoms with Crippen LogP contribution in [0.4, 0.5) is 5.82 Å². The Labute approximate surface area is 114 Å². The molecule has 0 fully saturated rings. The molecule has 0 saturated carbocycles. The second kappa shape index (κ2) is 7.09. The van der Waals surface area contributed by atoms with Crippen LogP contribution in [-0.4, -0.2) is 43.2 Å². The lowest BCUT2D eigenvalue weighted by Crippen LogP contribution is -2.23. The molecule has 0 amide bonds. The molecule has 2 N–H and O–H groups in total. The summed E-state index contributed by atoms with van der Waals surface area (Å²) >= 11 is 0. The summed E-state index contributed by atoms with van der Waals surface area (Å²) in [5, 5.41) is 12.2. The smallest absolute Gasteiger partial charge is 0.335 e. The van der Waals surface area contributed by atoms with Crippen molar-refractivity contribution in [2.75, 3.05) is 32.1 Å². The topological polar surface area (TPSA) is 65.5 Å². The first-order chi connectivity index (χ1) is 8.95. The molecule has 1 rings (SSSR count). The van der Waals surface area contributed by atoms with Gasteiger partial charge in [-0.25, -0.2) is 9.78 Å². The van der Waals surface area contributed by atoms with Gasteiger partial charge in [-0.05, 0) is 38.1 Å². The highest BCUT2D eigenvalue weighted by molar-refractivity contribution is 5.88. The second-order valence-corrected chi connectivity index (χ2v) is 4.98. The third kappa shape index (κ3) is 4.52. The summed E-state index contributed by atoms with van der Waals surface area (Å²) in [6.45, 7) is 5.80. The van der Waals surface area contributed by atoms with Crippen LogP contribution in [0.1, 0.15) is 42.2 Å². The van der Waals surface area contributed by atoms with Gasteiger partial charge < -0.3 is 15.3 Å². The zero-order valence-corrected chi connectivity index (χ0v) is 12.1. The highest BCUT2D eigenvalue weighted by Crippen LogP contribution is 2.19. The summed E-state index contributed by atoms with van der Waals surface area (Å²) < 4.78 is 0. The van der Waals surface area contributed by atoms with Gasteiger partial charge in [0.25, 0.3) is 0 Å². The van der Waals surface area contributed by atoms with Gasteiger partial charge in [-0.2, -0.15) is 0 Å². The molecule has 0 unspecified atom stereocenters. The lowest BCUT2D eigenvalue weighted by molar-refractivity contribution is 0.0696. The van der Waals surface area contributed by atoms with Crippen LogP contribution < -0.4 is 10.2 Å². The molecule has 0 bridgehead atoms. The quantitative estimate of drug-likeness (QED) is 0.738. The van der Waals surface area contributed by atoms with Crippen molar-refractivity contribution in [2.45, 2.75) is 26.2 Å². The van der Waals surface area contributed by atoms with E-state index in [4.69, 9.17) is 5.11 Å². The van der Waals surface area contributed by atoms with Crippen molar-refractivity contribution in [3.05, 3.63) is 23.4 Å². The number of hydrogen-bond donors (Lipinski definition) is 2. The highest BCUT2D eigenvalue weighted by Gasteiger charge is 2.12. The largest absolute Gasteiger partial charge is 0.478 e. The van der Waals surface area contributed by atoms with Crippen LogP contribution in [0.2, 0.25) is 0 Å². The van der Waals surface area contributed by atoms with E-state index in [0.717, 1.165) is 31.0 Å². The van der Waals surface area contributed by atoms with Crippen molar-refractivity contribution in [1.82, 2.24) is 10.3 Å². The monoisotopic (exact) mass is 265 g/mol. The number of carboxylic acid groups (broad SMARTS) is 1. The van der Waals surface area contributed by atoms with E-state index in [0.29, 0.717) is 5.56 Å². The van der Waals surface area contributed by atoms with Crippen LogP contribution in [-0.2, 0) is 0 Å². The fourth-order valence-corrected chi connectivity index (χ4v) is 1.76. The number of carbonyl (C=O) groups is 1. The van der Waals surface area contributed by atoms with E-state index in [9.17, 15) is 4.79 Å². The van der Waals surface area contributed by atoms with Gasteiger partial charge in [-0.1, -0.05) is 13.8 Å². The van der Waals surface area contributed by atoms with Crippen LogP contribution in [0.25, 0.3) is 0 Å². The second-order valence-electron chi connectivity index (χ2n) is 4.98. The predicted octanol–water partition coefficient (Wildman–Crippen LogP) is 1.95. The number of hydrogen-bond acceptors (Lipinski definition) is 4. The van der Waals surface area contributed by atoms with E-state index in [1.807, 2.05) is 32.8 Å². The molecular formula is C14H23N3O2. The summed E-state index contributed by atoms with van der Waals surface area (Å²) in [5.41, 5.74) is 1.12. The zero-order chi connectivity index (χ0) is 14.4. The van der Waals surface area contributed by atoms with E-state index in [1.54, 1.807) is 12.1 Å². The minimum Gasteiger partial charge on any atom is -0.478 e. The van der Waals surface area contributed by atoms with Crippen LogP contribution in [0.5, 0.6) is 0 Å². The van der Waals surface area contributed by atoms with Crippen molar-refractivity contribution < 1.29 is 9.90 Å². The first kappa shape index (κ1) is 15.4. The normalized spacial score (nSPS) is 10.8. The first-order valence-electron chi connectivity index (χ1n) is 6.56. The van der Waals surface area contributed by atoms with Crippen molar-refractivity contribution in [1.29, 1.82) is 0 Å². The zero-order valence-electron chi connectivity index (χ0n) is 12.1. The van der Waals surface area contributed by atoms with E-state index >= 15 is 0 Å². The van der Waals surface area contributed by atoms with Crippen LogP contribution in [0.3, 0.4) is 0 Å². The number of carboxylic acids is 1. The van der Waals surface area contributed by atoms with Gasteiger partial charge in [0.1, 0.15) is 5.82 Å². The molecule has 1 aromatic heterocycles. The van der Waals surface area contributed by atoms with Gasteiger partial charge in [-0.15, -0.1) is 0 Å². The van der Waals surface area contributed by atoms with Crippen molar-refractivity contribution >= 4 is 11.8 Å². The maximum Gasteiger partial charge on any atom is 0.335 e. The van der Waals surface area contributed by atoms with Crippen LogP contribution in [0.15, 0.2) is 12.1 Å². The van der Waals surface area contributed by atoms with Crippen molar-refractivity contribution in [3.63, 3.8) is 0 Å². The molecular weight excluding hydrogens is 242 g/mol. The highest BCUT2D eigenvalue weighted by atomic mass is 16.4. The Balaban J connectivity index is 2.95. The Morgan fingerprint density at radius 3 is 2.68 bits per heavy atom. The Hall–Kier alpha value is -1.62. The Morgan fingerprint density at radius 2 is 2.16 bits per heavy atom. The molecule has 0 spiro atoms. The van der Waals surface area contributed by atoms with Gasteiger partial charge >= 0.3 is 5.97 Å². The molecule has 106 valence electrons. The number of pyridine rings is 1. The number of nitrogens with one attached hydrogen (secondary N) is 1. The molecule has 0 radical (unpaired) electrons. The Bertz CT molecular complexity index is 433. The first-order valence-corrected chi connectivity index (χ1v) is 6.56. The molecule has 19 heavy (non-hydrogen) atoms. The SMILES string of the molecule is CNCCCN(C)c1cc(C(=O)O)cc(C(C)C)n1. The standard InChI is InChI=1S/C14H23N3O2/c1-10(2)12-8-11(14(18)19)9-13(16-12)17(4)7-5-6-15-3/h8-10,15H,5-7H2,1-4H3,(H,18,19). The fraction of sp³-hybridized carbons (Fsp3) is 0.571. The predicted molar refractivity (Wildman–Crippen MR) is 77.1 cm³/mol. The number of aromatic carboxylic acids is 1. The van der Waals surface area contributed by atoms with Crippen LogP contribution >= 0.6 is 0 Å². The summed E-state index contributed by atoms with van der Waals surface area (Å²) in [7, 11) is 3.86. The number of rotatable bonds is 7. The Morgan fingerprint density at radius 1 is 1.47 bits per heavy atom. The van der Waals surface area contributed by atoms with Gasteiger partial charge in [0, 0.05) is 19.3 Å². The van der Waals surface area contributed by atoms with Gasteiger partial charge in [0.05, 0.1) is 5.56 Å².